The Morgan fingerprint density at radius 3 is 2.07 bits per heavy atom. The molecule has 146 valence electrons. The normalized spacial score (nSPS) is 10.9. The van der Waals surface area contributed by atoms with Crippen LogP contribution in [0.5, 0.6) is 5.75 Å². The number of hydrogen-bond acceptors (Lipinski definition) is 4. The van der Waals surface area contributed by atoms with E-state index in [9.17, 15) is 0 Å². The first-order chi connectivity index (χ1) is 14.1. The van der Waals surface area contributed by atoms with Crippen LogP contribution in [0.2, 0.25) is 10.0 Å². The minimum atomic E-state index is 0.682. The summed E-state index contributed by atoms with van der Waals surface area (Å²) >= 11 is 13.7. The first kappa shape index (κ1) is 19.8. The predicted octanol–water partition coefficient (Wildman–Crippen LogP) is 6.54. The molecule has 0 unspecified atom stereocenters. The molecule has 0 radical (unpaired) electrons. The van der Waals surface area contributed by atoms with Crippen molar-refractivity contribution in [3.05, 3.63) is 88.4 Å². The third-order valence-electron chi connectivity index (χ3n) is 4.35. The number of hydrogen-bond donors (Lipinski definition) is 0. The zero-order valence-corrected chi connectivity index (χ0v) is 17.9. The number of benzene rings is 3. The Morgan fingerprint density at radius 1 is 0.828 bits per heavy atom. The van der Waals surface area contributed by atoms with Crippen molar-refractivity contribution in [3.8, 4) is 22.8 Å². The van der Waals surface area contributed by atoms with E-state index >= 15 is 0 Å². The summed E-state index contributed by atoms with van der Waals surface area (Å²) in [6, 6.07) is 23.3. The molecule has 0 bridgehead atoms. The van der Waals surface area contributed by atoms with Crippen molar-refractivity contribution in [2.24, 2.45) is 0 Å². The minimum absolute atomic E-state index is 0.682. The Balaban J connectivity index is 1.71. The summed E-state index contributed by atoms with van der Waals surface area (Å²) < 4.78 is 7.33. The Kier molecular flexibility index (Phi) is 6.09. The topological polar surface area (TPSA) is 39.9 Å². The molecular weight excluding hydrogens is 425 g/mol. The maximum Gasteiger partial charge on any atom is 0.196 e. The van der Waals surface area contributed by atoms with E-state index in [2.05, 4.69) is 10.2 Å². The number of rotatable bonds is 6. The second-order valence-electron chi connectivity index (χ2n) is 6.26. The van der Waals surface area contributed by atoms with Gasteiger partial charge in [0.05, 0.1) is 7.11 Å². The van der Waals surface area contributed by atoms with Gasteiger partial charge >= 0.3 is 0 Å². The van der Waals surface area contributed by atoms with Crippen LogP contribution >= 0.6 is 35.0 Å². The predicted molar refractivity (Wildman–Crippen MR) is 119 cm³/mol. The summed E-state index contributed by atoms with van der Waals surface area (Å²) in [6.45, 7) is 0. The molecule has 0 saturated heterocycles. The summed E-state index contributed by atoms with van der Waals surface area (Å²) in [4.78, 5) is 0. The number of halogens is 2. The number of nitrogens with zero attached hydrogens (tertiary/aromatic N) is 3. The van der Waals surface area contributed by atoms with E-state index in [4.69, 9.17) is 27.9 Å². The van der Waals surface area contributed by atoms with E-state index in [1.54, 1.807) is 18.9 Å². The molecule has 4 rings (SSSR count). The molecule has 0 atom stereocenters. The molecule has 4 aromatic rings. The van der Waals surface area contributed by atoms with E-state index < -0.39 is 0 Å². The van der Waals surface area contributed by atoms with E-state index in [0.717, 1.165) is 44.3 Å². The number of aromatic nitrogens is 3. The third-order valence-corrected chi connectivity index (χ3v) is 5.85. The summed E-state index contributed by atoms with van der Waals surface area (Å²) in [5.41, 5.74) is 3.06. The molecule has 7 heteroatoms. The Morgan fingerprint density at radius 2 is 1.45 bits per heavy atom. The van der Waals surface area contributed by atoms with Crippen LogP contribution in [0.1, 0.15) is 5.56 Å². The SMILES string of the molecule is COc1ccc(-n2c(SCc3ccc(Cl)cc3)nnc2-c2ccc(Cl)cc2)cc1. The highest BCUT2D eigenvalue weighted by molar-refractivity contribution is 7.98. The van der Waals surface area contributed by atoms with Crippen molar-refractivity contribution >= 4 is 35.0 Å². The largest absolute Gasteiger partial charge is 0.497 e. The zero-order chi connectivity index (χ0) is 20.2. The monoisotopic (exact) mass is 441 g/mol. The van der Waals surface area contributed by atoms with Gasteiger partial charge in [0.15, 0.2) is 11.0 Å². The quantitative estimate of drug-likeness (QED) is 0.318. The van der Waals surface area contributed by atoms with Gasteiger partial charge in [-0.1, -0.05) is 47.1 Å². The first-order valence-electron chi connectivity index (χ1n) is 8.87. The average Bonchev–Trinajstić information content (AvgIpc) is 3.18. The highest BCUT2D eigenvalue weighted by Gasteiger charge is 2.16. The average molecular weight is 442 g/mol. The van der Waals surface area contributed by atoms with Gasteiger partial charge in [-0.25, -0.2) is 0 Å². The fourth-order valence-electron chi connectivity index (χ4n) is 2.84. The Hall–Kier alpha value is -2.47. The molecule has 0 aliphatic heterocycles. The molecule has 1 aromatic heterocycles. The summed E-state index contributed by atoms with van der Waals surface area (Å²) in [6.07, 6.45) is 0. The van der Waals surface area contributed by atoms with Gasteiger partial charge in [0.25, 0.3) is 0 Å². The highest BCUT2D eigenvalue weighted by Crippen LogP contribution is 2.31. The zero-order valence-electron chi connectivity index (χ0n) is 15.5. The lowest BCUT2D eigenvalue weighted by Crippen LogP contribution is -2.00. The molecule has 0 saturated carbocycles. The van der Waals surface area contributed by atoms with Crippen LogP contribution in [0, 0.1) is 0 Å². The van der Waals surface area contributed by atoms with Gasteiger partial charge in [-0.15, -0.1) is 10.2 Å². The molecule has 29 heavy (non-hydrogen) atoms. The fourth-order valence-corrected chi connectivity index (χ4v) is 4.00. The lowest BCUT2D eigenvalue weighted by atomic mass is 10.2. The van der Waals surface area contributed by atoms with Crippen LogP contribution in [0.15, 0.2) is 78.0 Å². The molecule has 1 heterocycles. The summed E-state index contributed by atoms with van der Waals surface area (Å²) in [5.74, 6) is 2.31. The molecule has 0 spiro atoms. The standard InChI is InChI=1S/C22H17Cl2N3OS/c1-28-20-12-10-19(11-13-20)27-21(16-4-8-18(24)9-5-16)25-26-22(27)29-14-15-2-6-17(23)7-3-15/h2-13H,14H2,1H3. The lowest BCUT2D eigenvalue weighted by molar-refractivity contribution is 0.414. The highest BCUT2D eigenvalue weighted by atomic mass is 35.5. The maximum atomic E-state index is 6.05. The molecule has 4 nitrogen and oxygen atoms in total. The van der Waals surface area contributed by atoms with Gasteiger partial charge < -0.3 is 4.74 Å². The summed E-state index contributed by atoms with van der Waals surface area (Å²) in [5, 5.41) is 11.1. The third kappa shape index (κ3) is 4.58. The first-order valence-corrected chi connectivity index (χ1v) is 10.6. The van der Waals surface area contributed by atoms with Crippen LogP contribution in [0.25, 0.3) is 17.1 Å². The molecule has 0 N–H and O–H groups in total. The van der Waals surface area contributed by atoms with Crippen LogP contribution < -0.4 is 4.74 Å². The van der Waals surface area contributed by atoms with Crippen LogP contribution in [-0.4, -0.2) is 21.9 Å². The maximum absolute atomic E-state index is 6.05. The van der Waals surface area contributed by atoms with Crippen molar-refractivity contribution in [1.82, 2.24) is 14.8 Å². The van der Waals surface area contributed by atoms with Gasteiger partial charge in [0.2, 0.25) is 0 Å². The molecule has 0 amide bonds. The molecule has 3 aromatic carbocycles. The van der Waals surface area contributed by atoms with Crippen LogP contribution in [-0.2, 0) is 5.75 Å². The van der Waals surface area contributed by atoms with Crippen molar-refractivity contribution in [1.29, 1.82) is 0 Å². The second-order valence-corrected chi connectivity index (χ2v) is 8.08. The molecule has 0 aliphatic rings. The van der Waals surface area contributed by atoms with Crippen LogP contribution in [0.4, 0.5) is 0 Å². The molecule has 0 aliphatic carbocycles. The van der Waals surface area contributed by atoms with E-state index in [1.807, 2.05) is 77.4 Å². The van der Waals surface area contributed by atoms with Gasteiger partial charge in [-0.05, 0) is 66.2 Å². The van der Waals surface area contributed by atoms with Crippen LogP contribution in [0.3, 0.4) is 0 Å². The van der Waals surface area contributed by atoms with Gasteiger partial charge in [0, 0.05) is 27.0 Å². The number of ether oxygens (including phenoxy) is 1. The van der Waals surface area contributed by atoms with Crippen molar-refractivity contribution in [3.63, 3.8) is 0 Å². The molecule has 0 fully saturated rings. The smallest absolute Gasteiger partial charge is 0.196 e. The van der Waals surface area contributed by atoms with E-state index in [0.29, 0.717) is 5.02 Å². The minimum Gasteiger partial charge on any atom is -0.497 e. The van der Waals surface area contributed by atoms with E-state index in [-0.39, 0.29) is 0 Å². The van der Waals surface area contributed by atoms with Gasteiger partial charge in [-0.2, -0.15) is 0 Å². The van der Waals surface area contributed by atoms with Crippen molar-refractivity contribution < 1.29 is 4.74 Å². The molecular formula is C22H17Cl2N3OS. The van der Waals surface area contributed by atoms with E-state index in [1.165, 1.54) is 0 Å². The number of thioether (sulfide) groups is 1. The van der Waals surface area contributed by atoms with Crippen molar-refractivity contribution in [2.75, 3.05) is 7.11 Å². The Bertz CT molecular complexity index is 1090. The second kappa shape index (κ2) is 8.91. The van der Waals surface area contributed by atoms with Gasteiger partial charge in [0.1, 0.15) is 5.75 Å². The van der Waals surface area contributed by atoms with Gasteiger partial charge in [-0.3, -0.25) is 4.57 Å². The summed E-state index contributed by atoms with van der Waals surface area (Å²) in [7, 11) is 1.65. The Labute approximate surface area is 183 Å². The van der Waals surface area contributed by atoms with Crippen molar-refractivity contribution in [2.45, 2.75) is 10.9 Å². The lowest BCUT2D eigenvalue weighted by Gasteiger charge is -2.11. The fraction of sp³-hybridized carbons (Fsp3) is 0.0909. The number of methoxy groups -OCH3 is 1.